The monoisotopic (exact) mass is 421 g/mol. The average Bonchev–Trinajstić information content (AvgIpc) is 3.03. The van der Waals surface area contributed by atoms with Gasteiger partial charge in [0, 0.05) is 28.9 Å². The molecule has 1 spiro atoms. The first kappa shape index (κ1) is 22.3. The molecule has 1 aromatic rings. The number of ketones is 1. The van der Waals surface area contributed by atoms with Gasteiger partial charge in [0.05, 0.1) is 0 Å². The zero-order valence-electron chi connectivity index (χ0n) is 19.7. The van der Waals surface area contributed by atoms with Gasteiger partial charge in [-0.2, -0.15) is 0 Å². The van der Waals surface area contributed by atoms with Crippen LogP contribution >= 0.6 is 0 Å². The number of aliphatic hydroxyl groups excluding tert-OH is 1. The number of hydrogen-bond acceptors (Lipinski definition) is 5. The maximum atomic E-state index is 12.7. The third-order valence-corrected chi connectivity index (χ3v) is 8.30. The maximum Gasteiger partial charge on any atom is 1.00 e. The molecular formula is C24H32NNaO4. The Morgan fingerprint density at radius 1 is 1.43 bits per heavy atom. The van der Waals surface area contributed by atoms with Crippen LogP contribution in [0.15, 0.2) is 18.2 Å². The summed E-state index contributed by atoms with van der Waals surface area (Å²) in [5.74, 6) is 1.01. The van der Waals surface area contributed by atoms with Gasteiger partial charge in [-0.05, 0) is 56.5 Å². The normalized spacial score (nSPS) is 35.1. The summed E-state index contributed by atoms with van der Waals surface area (Å²) in [7, 11) is 2.17. The standard InChI is InChI=1S/C24H31NO4.Na.H/c1-5-12(2)20(13(3)26)14-11-19(28)22-21-15(14)10-17-16-6-7-18(27)23(29-22)24(16,21)8-9-25(17)4;;/h6-7,11-12,16-18,20,23,27-28H,5,8-10H2,1-4H3;;/q;+1;-1/t12?,16-,17+,18-,20?,23-,24-;;/m0../s1. The Labute approximate surface area is 202 Å². The molecule has 2 N–H and O–H groups in total. The second-order valence-corrected chi connectivity index (χ2v) is 9.62. The third kappa shape index (κ3) is 2.75. The fraction of sp³-hybridized carbons (Fsp3) is 0.625. The number of piperidine rings is 1. The SMILES string of the molecule is CCC(C)C(C(C)=O)c1cc(O)c2c3c1C[C@@H]1[C@@H]4C=C[C@H](O)[C@H](O2)[C@]34CCN1C.[H-].[Na+]. The summed E-state index contributed by atoms with van der Waals surface area (Å²) in [6.07, 6.45) is 5.61. The van der Waals surface area contributed by atoms with Gasteiger partial charge in [-0.3, -0.25) is 4.79 Å². The van der Waals surface area contributed by atoms with Crippen molar-refractivity contribution in [2.24, 2.45) is 11.8 Å². The Bertz CT molecular complexity index is 921. The molecule has 5 rings (SSSR count). The van der Waals surface area contributed by atoms with Crippen molar-refractivity contribution in [2.75, 3.05) is 13.6 Å². The van der Waals surface area contributed by atoms with E-state index in [0.29, 0.717) is 11.8 Å². The molecule has 1 fully saturated rings. The van der Waals surface area contributed by atoms with E-state index in [2.05, 4.69) is 31.9 Å². The molecule has 0 amide bonds. The van der Waals surface area contributed by atoms with Gasteiger partial charge in [0.2, 0.25) is 0 Å². The minimum absolute atomic E-state index is 0. The van der Waals surface area contributed by atoms with Gasteiger partial charge in [0.1, 0.15) is 18.0 Å². The topological polar surface area (TPSA) is 70.0 Å². The zero-order valence-corrected chi connectivity index (χ0v) is 20.7. The summed E-state index contributed by atoms with van der Waals surface area (Å²) < 4.78 is 6.28. The van der Waals surface area contributed by atoms with E-state index in [4.69, 9.17) is 4.74 Å². The van der Waals surface area contributed by atoms with E-state index in [1.54, 1.807) is 13.0 Å². The molecular weight excluding hydrogens is 389 g/mol. The predicted octanol–water partition coefficient (Wildman–Crippen LogP) is 0.0333. The van der Waals surface area contributed by atoms with Crippen LogP contribution in [0, 0.1) is 11.8 Å². The smallest absolute Gasteiger partial charge is 1.00 e. The molecule has 4 aliphatic rings. The molecule has 2 aliphatic carbocycles. The summed E-state index contributed by atoms with van der Waals surface area (Å²) in [6.45, 7) is 6.83. The van der Waals surface area contributed by atoms with Gasteiger partial charge in [-0.25, -0.2) is 0 Å². The Morgan fingerprint density at radius 2 is 2.17 bits per heavy atom. The van der Waals surface area contributed by atoms with Crippen molar-refractivity contribution in [3.05, 3.63) is 34.9 Å². The van der Waals surface area contributed by atoms with Crippen LogP contribution in [0.5, 0.6) is 11.5 Å². The third-order valence-electron chi connectivity index (χ3n) is 8.30. The number of likely N-dealkylation sites (tertiary alicyclic amines) is 1. The van der Waals surface area contributed by atoms with Gasteiger partial charge in [0.25, 0.3) is 0 Å². The zero-order chi connectivity index (χ0) is 20.7. The molecule has 6 heteroatoms. The molecule has 2 unspecified atom stereocenters. The van der Waals surface area contributed by atoms with Crippen molar-refractivity contribution in [1.29, 1.82) is 0 Å². The fourth-order valence-electron chi connectivity index (χ4n) is 6.79. The van der Waals surface area contributed by atoms with Crippen molar-refractivity contribution in [1.82, 2.24) is 4.90 Å². The fourth-order valence-corrected chi connectivity index (χ4v) is 6.79. The quantitative estimate of drug-likeness (QED) is 0.531. The van der Waals surface area contributed by atoms with Crippen molar-refractivity contribution in [3.8, 4) is 11.5 Å². The number of carbonyl (C=O) groups is 1. The van der Waals surface area contributed by atoms with Gasteiger partial charge in [0.15, 0.2) is 11.5 Å². The number of nitrogens with zero attached hydrogens (tertiary/aromatic N) is 1. The summed E-state index contributed by atoms with van der Waals surface area (Å²) in [6, 6.07) is 2.08. The molecule has 5 nitrogen and oxygen atoms in total. The molecule has 1 aromatic carbocycles. The second-order valence-electron chi connectivity index (χ2n) is 9.62. The van der Waals surface area contributed by atoms with Crippen molar-refractivity contribution >= 4 is 5.78 Å². The maximum absolute atomic E-state index is 12.7. The Kier molecular flexibility index (Phi) is 5.68. The van der Waals surface area contributed by atoms with Crippen LogP contribution in [0.2, 0.25) is 0 Å². The number of likely N-dealkylation sites (N-methyl/N-ethyl adjacent to an activating group) is 1. The van der Waals surface area contributed by atoms with Crippen LogP contribution in [0.3, 0.4) is 0 Å². The molecule has 0 radical (unpaired) electrons. The number of ether oxygens (including phenoxy) is 1. The Hall–Kier alpha value is -0.850. The molecule has 30 heavy (non-hydrogen) atoms. The predicted molar refractivity (Wildman–Crippen MR) is 112 cm³/mol. The Balaban J connectivity index is 0.00000136. The largest absolute Gasteiger partial charge is 1.00 e. The Morgan fingerprint density at radius 3 is 2.83 bits per heavy atom. The summed E-state index contributed by atoms with van der Waals surface area (Å²) in [5, 5.41) is 21.7. The van der Waals surface area contributed by atoms with Crippen LogP contribution in [-0.2, 0) is 16.6 Å². The van der Waals surface area contributed by atoms with E-state index in [1.807, 2.05) is 6.08 Å². The minimum atomic E-state index is -0.685. The van der Waals surface area contributed by atoms with Crippen LogP contribution in [-0.4, -0.2) is 52.7 Å². The molecule has 2 bridgehead atoms. The van der Waals surface area contributed by atoms with Crippen molar-refractivity contribution < 1.29 is 50.7 Å². The van der Waals surface area contributed by atoms with E-state index in [1.165, 1.54) is 5.56 Å². The molecule has 1 saturated heterocycles. The van der Waals surface area contributed by atoms with E-state index >= 15 is 0 Å². The first-order valence-electron chi connectivity index (χ1n) is 10.9. The minimum Gasteiger partial charge on any atom is -1.00 e. The molecule has 2 heterocycles. The van der Waals surface area contributed by atoms with E-state index in [9.17, 15) is 15.0 Å². The van der Waals surface area contributed by atoms with Gasteiger partial charge in [-0.15, -0.1) is 0 Å². The summed E-state index contributed by atoms with van der Waals surface area (Å²) in [4.78, 5) is 15.1. The van der Waals surface area contributed by atoms with E-state index in [0.717, 1.165) is 36.9 Å². The summed E-state index contributed by atoms with van der Waals surface area (Å²) in [5.41, 5.74) is 2.90. The van der Waals surface area contributed by atoms with E-state index in [-0.39, 0.29) is 71.8 Å². The van der Waals surface area contributed by atoms with Crippen molar-refractivity contribution in [3.63, 3.8) is 0 Å². The number of Topliss-reactive ketones (excluding diaryl/α,β-unsaturated/α-hetero) is 1. The molecule has 2 aliphatic heterocycles. The van der Waals surface area contributed by atoms with Crippen LogP contribution < -0.4 is 34.3 Å². The number of phenolic OH excluding ortho intramolecular Hbond substituents is 1. The number of phenols is 1. The first-order valence-corrected chi connectivity index (χ1v) is 10.9. The number of rotatable bonds is 4. The van der Waals surface area contributed by atoms with Gasteiger partial charge >= 0.3 is 29.6 Å². The molecule has 158 valence electrons. The van der Waals surface area contributed by atoms with Crippen LogP contribution in [0.4, 0.5) is 0 Å². The number of aromatic hydroxyl groups is 1. The van der Waals surface area contributed by atoms with Crippen LogP contribution in [0.1, 0.15) is 57.6 Å². The number of carbonyl (C=O) groups excluding carboxylic acids is 1. The molecule has 0 aromatic heterocycles. The second kappa shape index (κ2) is 7.63. The number of benzene rings is 1. The summed E-state index contributed by atoms with van der Waals surface area (Å²) >= 11 is 0. The van der Waals surface area contributed by atoms with Gasteiger partial charge < -0.3 is 21.3 Å². The van der Waals surface area contributed by atoms with Crippen LogP contribution in [0.25, 0.3) is 0 Å². The molecule has 7 atom stereocenters. The number of aliphatic hydroxyl groups is 1. The number of hydrogen-bond donors (Lipinski definition) is 2. The van der Waals surface area contributed by atoms with E-state index < -0.39 is 6.10 Å². The van der Waals surface area contributed by atoms with Crippen molar-refractivity contribution in [2.45, 2.75) is 69.6 Å². The molecule has 0 saturated carbocycles. The van der Waals surface area contributed by atoms with Gasteiger partial charge in [-0.1, -0.05) is 32.4 Å². The first-order chi connectivity index (χ1) is 13.8. The average molecular weight is 422 g/mol.